The van der Waals surface area contributed by atoms with E-state index < -0.39 is 0 Å². The van der Waals surface area contributed by atoms with E-state index in [0.29, 0.717) is 25.6 Å². The van der Waals surface area contributed by atoms with Crippen LogP contribution in [0.3, 0.4) is 0 Å². The number of carbonyl (C=O) groups is 1. The summed E-state index contributed by atoms with van der Waals surface area (Å²) < 4.78 is 1.88. The lowest BCUT2D eigenvalue weighted by Crippen LogP contribution is -2.52. The number of aromatic nitrogens is 4. The minimum Gasteiger partial charge on any atom is -0.352 e. The van der Waals surface area contributed by atoms with Gasteiger partial charge in [-0.2, -0.15) is 4.52 Å². The molecule has 2 aromatic heterocycles. The molecule has 2 aliphatic rings. The van der Waals surface area contributed by atoms with Gasteiger partial charge in [0.15, 0.2) is 11.5 Å². The normalized spacial score (nSPS) is 17.1. The first-order valence-corrected chi connectivity index (χ1v) is 9.82. The van der Waals surface area contributed by atoms with Gasteiger partial charge in [0.05, 0.1) is 0 Å². The zero-order valence-electron chi connectivity index (χ0n) is 15.7. The van der Waals surface area contributed by atoms with Crippen LogP contribution in [-0.4, -0.2) is 56.9 Å². The van der Waals surface area contributed by atoms with Crippen molar-refractivity contribution in [2.24, 2.45) is 0 Å². The highest BCUT2D eigenvalue weighted by molar-refractivity contribution is 5.74. The lowest BCUT2D eigenvalue weighted by Gasteiger charge is -2.35. The quantitative estimate of drug-likeness (QED) is 0.753. The van der Waals surface area contributed by atoms with Gasteiger partial charge in [0.2, 0.25) is 0 Å². The number of carbonyl (C=O) groups excluding carboxylic acids is 1. The standard InChI is InChI=1S/C20H23N7O/c28-20(21-14-15-4-2-1-3-5-15)26-12-10-25(11-13-26)18-9-8-17-22-23-19(16-6-7-16)27(17)24-18/h1-5,8-9,16H,6-7,10-14H2,(H,21,28). The lowest BCUT2D eigenvalue weighted by atomic mass is 10.2. The number of piperazine rings is 1. The zero-order valence-corrected chi connectivity index (χ0v) is 15.7. The molecule has 0 radical (unpaired) electrons. The molecule has 5 rings (SSSR count). The second-order valence-corrected chi connectivity index (χ2v) is 7.41. The first kappa shape index (κ1) is 17.0. The third kappa shape index (κ3) is 3.37. The first-order chi connectivity index (χ1) is 13.8. The molecule has 1 saturated carbocycles. The number of hydrogen-bond acceptors (Lipinski definition) is 5. The smallest absolute Gasteiger partial charge is 0.317 e. The van der Waals surface area contributed by atoms with Crippen molar-refractivity contribution >= 4 is 17.5 Å². The Kier molecular flexibility index (Phi) is 4.31. The highest BCUT2D eigenvalue weighted by atomic mass is 16.2. The maximum absolute atomic E-state index is 12.4. The molecular formula is C20H23N7O. The number of fused-ring (bicyclic) bond motifs is 1. The van der Waals surface area contributed by atoms with E-state index in [0.717, 1.165) is 35.9 Å². The Balaban J connectivity index is 1.20. The van der Waals surface area contributed by atoms with Crippen molar-refractivity contribution in [3.8, 4) is 0 Å². The Bertz CT molecular complexity index is 975. The largest absolute Gasteiger partial charge is 0.352 e. The van der Waals surface area contributed by atoms with Crippen LogP contribution in [0.25, 0.3) is 5.65 Å². The summed E-state index contributed by atoms with van der Waals surface area (Å²) in [6.45, 7) is 3.43. The van der Waals surface area contributed by atoms with Gasteiger partial charge in [-0.05, 0) is 30.5 Å². The van der Waals surface area contributed by atoms with Crippen LogP contribution in [0.1, 0.15) is 30.1 Å². The van der Waals surface area contributed by atoms with Crippen molar-refractivity contribution in [3.63, 3.8) is 0 Å². The predicted molar refractivity (Wildman–Crippen MR) is 105 cm³/mol. The SMILES string of the molecule is O=C(NCc1ccccc1)N1CCN(c2ccc3nnc(C4CC4)n3n2)CC1. The van der Waals surface area contributed by atoms with E-state index in [1.807, 2.05) is 51.9 Å². The lowest BCUT2D eigenvalue weighted by molar-refractivity contribution is 0.194. The summed E-state index contributed by atoms with van der Waals surface area (Å²) in [7, 11) is 0. The van der Waals surface area contributed by atoms with Crippen molar-refractivity contribution in [1.82, 2.24) is 30.0 Å². The fourth-order valence-corrected chi connectivity index (χ4v) is 3.58. The fourth-order valence-electron chi connectivity index (χ4n) is 3.58. The Morgan fingerprint density at radius 2 is 1.79 bits per heavy atom. The number of nitrogens with one attached hydrogen (secondary N) is 1. The van der Waals surface area contributed by atoms with E-state index in [1.165, 1.54) is 12.8 Å². The van der Waals surface area contributed by atoms with Crippen LogP contribution in [0, 0.1) is 0 Å². The van der Waals surface area contributed by atoms with E-state index >= 15 is 0 Å². The molecule has 0 atom stereocenters. The molecule has 2 fully saturated rings. The fraction of sp³-hybridized carbons (Fsp3) is 0.400. The molecule has 8 nitrogen and oxygen atoms in total. The Labute approximate surface area is 163 Å². The van der Waals surface area contributed by atoms with Gasteiger partial charge in [0, 0.05) is 38.6 Å². The van der Waals surface area contributed by atoms with Crippen molar-refractivity contribution in [2.45, 2.75) is 25.3 Å². The summed E-state index contributed by atoms with van der Waals surface area (Å²) >= 11 is 0. The average Bonchev–Trinajstić information content (AvgIpc) is 3.51. The summed E-state index contributed by atoms with van der Waals surface area (Å²) in [5.74, 6) is 2.39. The maximum atomic E-state index is 12.4. The predicted octanol–water partition coefficient (Wildman–Crippen LogP) is 2.03. The number of amides is 2. The number of rotatable bonds is 4. The summed E-state index contributed by atoms with van der Waals surface area (Å²) in [6, 6.07) is 13.9. The molecule has 1 saturated heterocycles. The number of anilines is 1. The van der Waals surface area contributed by atoms with Crippen molar-refractivity contribution < 1.29 is 4.79 Å². The van der Waals surface area contributed by atoms with Crippen LogP contribution >= 0.6 is 0 Å². The van der Waals surface area contributed by atoms with E-state index in [1.54, 1.807) is 0 Å². The second-order valence-electron chi connectivity index (χ2n) is 7.41. The molecule has 1 aliphatic heterocycles. The van der Waals surface area contributed by atoms with Gasteiger partial charge >= 0.3 is 6.03 Å². The van der Waals surface area contributed by atoms with Crippen LogP contribution in [0.5, 0.6) is 0 Å². The number of benzene rings is 1. The van der Waals surface area contributed by atoms with Crippen LogP contribution in [-0.2, 0) is 6.54 Å². The Morgan fingerprint density at radius 3 is 2.54 bits per heavy atom. The molecule has 3 heterocycles. The van der Waals surface area contributed by atoms with E-state index in [9.17, 15) is 4.79 Å². The van der Waals surface area contributed by atoms with Crippen LogP contribution < -0.4 is 10.2 Å². The first-order valence-electron chi connectivity index (χ1n) is 9.82. The molecular weight excluding hydrogens is 354 g/mol. The minimum atomic E-state index is -0.0123. The summed E-state index contributed by atoms with van der Waals surface area (Å²) in [4.78, 5) is 16.5. The highest BCUT2D eigenvalue weighted by Gasteiger charge is 2.30. The highest BCUT2D eigenvalue weighted by Crippen LogP contribution is 2.38. The monoisotopic (exact) mass is 377 g/mol. The van der Waals surface area contributed by atoms with Crippen molar-refractivity contribution in [1.29, 1.82) is 0 Å². The molecule has 1 N–H and O–H groups in total. The van der Waals surface area contributed by atoms with Crippen molar-refractivity contribution in [2.75, 3.05) is 31.1 Å². The van der Waals surface area contributed by atoms with Crippen molar-refractivity contribution in [3.05, 3.63) is 53.9 Å². The van der Waals surface area contributed by atoms with Gasteiger partial charge < -0.3 is 15.1 Å². The maximum Gasteiger partial charge on any atom is 0.317 e. The molecule has 28 heavy (non-hydrogen) atoms. The number of nitrogens with zero attached hydrogens (tertiary/aromatic N) is 6. The summed E-state index contributed by atoms with van der Waals surface area (Å²) in [5.41, 5.74) is 1.90. The third-order valence-corrected chi connectivity index (χ3v) is 5.39. The topological polar surface area (TPSA) is 78.7 Å². The molecule has 3 aromatic rings. The molecule has 8 heteroatoms. The van der Waals surface area contributed by atoms with Gasteiger partial charge in [-0.3, -0.25) is 0 Å². The summed E-state index contributed by atoms with van der Waals surface area (Å²) in [6.07, 6.45) is 2.34. The van der Waals surface area contributed by atoms with Gasteiger partial charge in [0.1, 0.15) is 5.82 Å². The molecule has 0 unspecified atom stereocenters. The Morgan fingerprint density at radius 1 is 1.00 bits per heavy atom. The van der Waals surface area contributed by atoms with Crippen LogP contribution in [0.4, 0.5) is 10.6 Å². The van der Waals surface area contributed by atoms with Crippen LogP contribution in [0.2, 0.25) is 0 Å². The molecule has 2 amide bonds. The molecule has 1 aromatic carbocycles. The van der Waals surface area contributed by atoms with Gasteiger partial charge in [-0.15, -0.1) is 15.3 Å². The van der Waals surface area contributed by atoms with Gasteiger partial charge in [0.25, 0.3) is 0 Å². The third-order valence-electron chi connectivity index (χ3n) is 5.39. The van der Waals surface area contributed by atoms with E-state index in [4.69, 9.17) is 5.10 Å². The number of urea groups is 1. The molecule has 144 valence electrons. The Hall–Kier alpha value is -3.16. The number of hydrogen-bond donors (Lipinski definition) is 1. The average molecular weight is 377 g/mol. The summed E-state index contributed by atoms with van der Waals surface area (Å²) in [5, 5.41) is 16.3. The minimum absolute atomic E-state index is 0.0123. The van der Waals surface area contributed by atoms with Gasteiger partial charge in [-0.1, -0.05) is 30.3 Å². The second kappa shape index (κ2) is 7.10. The molecule has 0 spiro atoms. The van der Waals surface area contributed by atoms with Crippen LogP contribution in [0.15, 0.2) is 42.5 Å². The molecule has 1 aliphatic carbocycles. The van der Waals surface area contributed by atoms with Gasteiger partial charge in [-0.25, -0.2) is 4.79 Å². The molecule has 0 bridgehead atoms. The zero-order chi connectivity index (χ0) is 18.9. The van der Waals surface area contributed by atoms with E-state index in [-0.39, 0.29) is 6.03 Å². The van der Waals surface area contributed by atoms with E-state index in [2.05, 4.69) is 20.4 Å².